The quantitative estimate of drug-likeness (QED) is 0.609. The van der Waals surface area contributed by atoms with Crippen LogP contribution in [0.3, 0.4) is 0 Å². The number of hydrogen-bond acceptors (Lipinski definition) is 7. The molecule has 128 valence electrons. The average Bonchev–Trinajstić information content (AvgIpc) is 2.63. The minimum atomic E-state index is 0.430. The number of aromatic nitrogens is 3. The second-order valence-electron chi connectivity index (χ2n) is 5.84. The van der Waals surface area contributed by atoms with Crippen molar-refractivity contribution in [3.05, 3.63) is 36.2 Å². The lowest BCUT2D eigenvalue weighted by Crippen LogP contribution is -2.51. The molecule has 0 saturated carbocycles. The molecule has 6 nitrogen and oxygen atoms in total. The molecule has 1 saturated heterocycles. The lowest BCUT2D eigenvalue weighted by atomic mass is 10.1. The smallest absolute Gasteiger partial charge is 0.213 e. The molecule has 24 heavy (non-hydrogen) atoms. The van der Waals surface area contributed by atoms with Gasteiger partial charge in [0.15, 0.2) is 5.16 Å². The first-order valence-electron chi connectivity index (χ1n) is 8.05. The molecule has 0 aromatic carbocycles. The maximum atomic E-state index is 5.21. The van der Waals surface area contributed by atoms with Crippen LogP contribution in [-0.2, 0) is 6.54 Å². The van der Waals surface area contributed by atoms with Crippen LogP contribution in [0.25, 0.3) is 0 Å². The van der Waals surface area contributed by atoms with E-state index >= 15 is 0 Å². The second-order valence-corrected chi connectivity index (χ2v) is 6.61. The van der Waals surface area contributed by atoms with Crippen molar-refractivity contribution in [3.63, 3.8) is 0 Å². The van der Waals surface area contributed by atoms with E-state index in [4.69, 9.17) is 4.74 Å². The molecular weight excluding hydrogens is 322 g/mol. The molecule has 1 aliphatic rings. The number of anilines is 1. The summed E-state index contributed by atoms with van der Waals surface area (Å²) in [6.07, 6.45) is 3.84. The Morgan fingerprint density at radius 3 is 2.88 bits per heavy atom. The zero-order chi connectivity index (χ0) is 16.9. The molecule has 0 aliphatic carbocycles. The summed E-state index contributed by atoms with van der Waals surface area (Å²) < 4.78 is 5.21. The lowest BCUT2D eigenvalue weighted by molar-refractivity contribution is 0.178. The third-order valence-electron chi connectivity index (χ3n) is 4.25. The highest BCUT2D eigenvalue weighted by Crippen LogP contribution is 2.20. The fourth-order valence-electron chi connectivity index (χ4n) is 2.91. The number of methoxy groups -OCH3 is 1. The summed E-state index contributed by atoms with van der Waals surface area (Å²) in [6.45, 7) is 5.99. The molecule has 0 spiro atoms. The zero-order valence-corrected chi connectivity index (χ0v) is 15.2. The molecule has 1 fully saturated rings. The van der Waals surface area contributed by atoms with E-state index < -0.39 is 0 Å². The first-order valence-corrected chi connectivity index (χ1v) is 9.28. The highest BCUT2D eigenvalue weighted by molar-refractivity contribution is 7.98. The van der Waals surface area contributed by atoms with E-state index in [2.05, 4.69) is 37.7 Å². The predicted octanol–water partition coefficient (Wildman–Crippen LogP) is 2.31. The van der Waals surface area contributed by atoms with E-state index in [0.29, 0.717) is 11.9 Å². The van der Waals surface area contributed by atoms with Crippen LogP contribution in [0.5, 0.6) is 5.88 Å². The van der Waals surface area contributed by atoms with Gasteiger partial charge in [-0.1, -0.05) is 17.8 Å². The normalized spacial score (nSPS) is 18.6. The summed E-state index contributed by atoms with van der Waals surface area (Å²) in [4.78, 5) is 18.2. The Morgan fingerprint density at radius 2 is 2.12 bits per heavy atom. The number of pyridine rings is 1. The average molecular weight is 345 g/mol. The fraction of sp³-hybridized carbons (Fsp3) is 0.471. The molecule has 1 unspecified atom stereocenters. The zero-order valence-electron chi connectivity index (χ0n) is 14.3. The monoisotopic (exact) mass is 345 g/mol. The summed E-state index contributed by atoms with van der Waals surface area (Å²) in [6, 6.07) is 8.35. The number of hydrogen-bond donors (Lipinski definition) is 0. The molecule has 0 amide bonds. The summed E-state index contributed by atoms with van der Waals surface area (Å²) in [5.41, 5.74) is 1.04. The van der Waals surface area contributed by atoms with Crippen LogP contribution in [-0.4, -0.2) is 58.9 Å². The van der Waals surface area contributed by atoms with Crippen molar-refractivity contribution in [3.8, 4) is 5.88 Å². The number of rotatable bonds is 5. The van der Waals surface area contributed by atoms with Crippen LogP contribution < -0.4 is 9.64 Å². The first-order chi connectivity index (χ1) is 11.7. The molecule has 2 aromatic rings. The number of ether oxygens (including phenoxy) is 1. The van der Waals surface area contributed by atoms with Gasteiger partial charge in [-0.3, -0.25) is 4.90 Å². The van der Waals surface area contributed by atoms with Crippen LogP contribution in [0.2, 0.25) is 0 Å². The van der Waals surface area contributed by atoms with Gasteiger partial charge in [0, 0.05) is 44.5 Å². The van der Waals surface area contributed by atoms with Gasteiger partial charge in [-0.15, -0.1) is 0 Å². The van der Waals surface area contributed by atoms with E-state index in [1.54, 1.807) is 18.9 Å². The van der Waals surface area contributed by atoms with Gasteiger partial charge in [0.2, 0.25) is 5.88 Å². The number of piperazine rings is 1. The fourth-order valence-corrected chi connectivity index (χ4v) is 3.26. The molecule has 0 bridgehead atoms. The van der Waals surface area contributed by atoms with E-state index in [-0.39, 0.29) is 0 Å². The Hall–Kier alpha value is -1.86. The SMILES string of the molecule is COc1cccc(CN2CCN(c3ccnc(SC)n3)CC2C)n1. The first kappa shape index (κ1) is 17.0. The Bertz CT molecular complexity index is 684. The minimum absolute atomic E-state index is 0.430. The largest absolute Gasteiger partial charge is 0.481 e. The highest BCUT2D eigenvalue weighted by atomic mass is 32.2. The Balaban J connectivity index is 1.64. The third-order valence-corrected chi connectivity index (χ3v) is 4.81. The van der Waals surface area contributed by atoms with E-state index in [1.807, 2.05) is 30.7 Å². The maximum absolute atomic E-state index is 5.21. The van der Waals surface area contributed by atoms with Crippen LogP contribution in [0, 0.1) is 0 Å². The Labute approximate surface area is 147 Å². The number of thioether (sulfide) groups is 1. The lowest BCUT2D eigenvalue weighted by Gasteiger charge is -2.40. The van der Waals surface area contributed by atoms with Crippen LogP contribution in [0.1, 0.15) is 12.6 Å². The molecule has 3 rings (SSSR count). The summed E-state index contributed by atoms with van der Waals surface area (Å²) >= 11 is 1.57. The van der Waals surface area contributed by atoms with E-state index in [9.17, 15) is 0 Å². The minimum Gasteiger partial charge on any atom is -0.481 e. The van der Waals surface area contributed by atoms with E-state index in [0.717, 1.165) is 42.8 Å². The van der Waals surface area contributed by atoms with Gasteiger partial charge in [0.25, 0.3) is 0 Å². The van der Waals surface area contributed by atoms with Crippen molar-refractivity contribution >= 4 is 17.6 Å². The highest BCUT2D eigenvalue weighted by Gasteiger charge is 2.25. The standard InChI is InChI=1S/C17H23N5OS/c1-13-11-22(15-7-8-18-17(20-15)24-3)10-9-21(13)12-14-5-4-6-16(19-14)23-2/h4-8,13H,9-12H2,1-3H3. The van der Waals surface area contributed by atoms with Crippen molar-refractivity contribution in [2.75, 3.05) is 37.9 Å². The topological polar surface area (TPSA) is 54.4 Å². The van der Waals surface area contributed by atoms with Crippen molar-refractivity contribution in [2.45, 2.75) is 24.7 Å². The molecule has 3 heterocycles. The molecule has 1 atom stereocenters. The van der Waals surface area contributed by atoms with Gasteiger partial charge in [-0.05, 0) is 25.3 Å². The Kier molecular flexibility index (Phi) is 5.52. The van der Waals surface area contributed by atoms with Gasteiger partial charge in [-0.2, -0.15) is 0 Å². The third kappa shape index (κ3) is 3.96. The predicted molar refractivity (Wildman–Crippen MR) is 96.7 cm³/mol. The molecule has 0 N–H and O–H groups in total. The Morgan fingerprint density at radius 1 is 1.25 bits per heavy atom. The molecule has 1 aliphatic heterocycles. The molecule has 0 radical (unpaired) electrons. The van der Waals surface area contributed by atoms with Gasteiger partial charge in [-0.25, -0.2) is 15.0 Å². The van der Waals surface area contributed by atoms with Crippen molar-refractivity contribution in [1.82, 2.24) is 19.9 Å². The van der Waals surface area contributed by atoms with Crippen LogP contribution in [0.15, 0.2) is 35.6 Å². The summed E-state index contributed by atoms with van der Waals surface area (Å²) in [5.74, 6) is 1.68. The van der Waals surface area contributed by atoms with E-state index in [1.165, 1.54) is 0 Å². The van der Waals surface area contributed by atoms with Crippen molar-refractivity contribution in [1.29, 1.82) is 0 Å². The molecule has 2 aromatic heterocycles. The van der Waals surface area contributed by atoms with Crippen LogP contribution >= 0.6 is 11.8 Å². The van der Waals surface area contributed by atoms with Crippen molar-refractivity contribution in [2.24, 2.45) is 0 Å². The van der Waals surface area contributed by atoms with Crippen molar-refractivity contribution < 1.29 is 4.74 Å². The van der Waals surface area contributed by atoms with Crippen LogP contribution in [0.4, 0.5) is 5.82 Å². The van der Waals surface area contributed by atoms with Gasteiger partial charge in [0.05, 0.1) is 12.8 Å². The summed E-state index contributed by atoms with van der Waals surface area (Å²) in [5, 5.41) is 0.822. The molecular formula is C17H23N5OS. The number of nitrogens with zero attached hydrogens (tertiary/aromatic N) is 5. The summed E-state index contributed by atoms with van der Waals surface area (Å²) in [7, 11) is 1.65. The van der Waals surface area contributed by atoms with Gasteiger partial charge < -0.3 is 9.64 Å². The van der Waals surface area contributed by atoms with Gasteiger partial charge in [0.1, 0.15) is 5.82 Å². The maximum Gasteiger partial charge on any atom is 0.213 e. The molecule has 7 heteroatoms. The van der Waals surface area contributed by atoms with Gasteiger partial charge >= 0.3 is 0 Å². The second kappa shape index (κ2) is 7.81.